The minimum Gasteiger partial charge on any atom is -0.465 e. The second-order valence-electron chi connectivity index (χ2n) is 3.43. The number of pyridine rings is 2. The molecule has 92 valence electrons. The minimum absolute atomic E-state index is 0.0402. The number of aromatic nitrogens is 2. The average molecular weight is 246 g/mol. The van der Waals surface area contributed by atoms with Crippen molar-refractivity contribution in [2.24, 2.45) is 0 Å². The number of ether oxygens (including phenoxy) is 2. The van der Waals surface area contributed by atoms with Gasteiger partial charge >= 0.3 is 11.9 Å². The normalized spacial score (nSPS) is 10.1. The Morgan fingerprint density at radius 1 is 1.17 bits per heavy atom. The number of hydrogen-bond acceptors (Lipinski definition) is 6. The number of fused-ring (bicyclic) bond motifs is 1. The molecule has 18 heavy (non-hydrogen) atoms. The van der Waals surface area contributed by atoms with Gasteiger partial charge in [-0.2, -0.15) is 0 Å². The van der Waals surface area contributed by atoms with E-state index in [9.17, 15) is 9.59 Å². The van der Waals surface area contributed by atoms with Crippen LogP contribution in [0.1, 0.15) is 20.8 Å². The summed E-state index contributed by atoms with van der Waals surface area (Å²) in [7, 11) is 2.52. The third-order valence-corrected chi connectivity index (χ3v) is 2.41. The standard InChI is InChI=1S/C12H10N2O4/c1-17-11(15)8-5-9(12(16)18-2)14-10-6-13-4-3-7(8)10/h3-6H,1-2H3. The third-order valence-electron chi connectivity index (χ3n) is 2.41. The summed E-state index contributed by atoms with van der Waals surface area (Å²) in [6.45, 7) is 0. The SMILES string of the molecule is COC(=O)c1cc(C(=O)OC)c2ccncc2n1. The highest BCUT2D eigenvalue weighted by Crippen LogP contribution is 2.18. The molecule has 0 amide bonds. The van der Waals surface area contributed by atoms with E-state index in [1.165, 1.54) is 32.7 Å². The zero-order valence-corrected chi connectivity index (χ0v) is 9.84. The van der Waals surface area contributed by atoms with E-state index in [4.69, 9.17) is 0 Å². The fourth-order valence-electron chi connectivity index (χ4n) is 1.57. The van der Waals surface area contributed by atoms with E-state index in [-0.39, 0.29) is 11.3 Å². The van der Waals surface area contributed by atoms with Gasteiger partial charge in [-0.05, 0) is 12.1 Å². The molecule has 0 aromatic carbocycles. The zero-order valence-electron chi connectivity index (χ0n) is 9.84. The van der Waals surface area contributed by atoms with Gasteiger partial charge in [-0.25, -0.2) is 14.6 Å². The van der Waals surface area contributed by atoms with Crippen molar-refractivity contribution in [2.75, 3.05) is 14.2 Å². The Morgan fingerprint density at radius 2 is 1.89 bits per heavy atom. The molecular formula is C12H10N2O4. The van der Waals surface area contributed by atoms with Crippen LogP contribution in [0.15, 0.2) is 24.5 Å². The molecule has 0 saturated heterocycles. The van der Waals surface area contributed by atoms with E-state index in [2.05, 4.69) is 19.4 Å². The average Bonchev–Trinajstić information content (AvgIpc) is 2.44. The number of nitrogens with zero attached hydrogens (tertiary/aromatic N) is 2. The Balaban J connectivity index is 2.72. The van der Waals surface area contributed by atoms with Gasteiger partial charge in [0.05, 0.1) is 31.5 Å². The summed E-state index contributed by atoms with van der Waals surface area (Å²) >= 11 is 0. The first kappa shape index (κ1) is 12.0. The van der Waals surface area contributed by atoms with Crippen molar-refractivity contribution in [1.82, 2.24) is 9.97 Å². The Morgan fingerprint density at radius 3 is 2.56 bits per heavy atom. The first-order valence-electron chi connectivity index (χ1n) is 5.08. The molecule has 0 aliphatic carbocycles. The molecule has 0 radical (unpaired) electrons. The molecule has 0 bridgehead atoms. The van der Waals surface area contributed by atoms with Crippen LogP contribution >= 0.6 is 0 Å². The van der Waals surface area contributed by atoms with E-state index in [0.717, 1.165) is 0 Å². The molecule has 0 fully saturated rings. The van der Waals surface area contributed by atoms with Gasteiger partial charge in [-0.1, -0.05) is 0 Å². The van der Waals surface area contributed by atoms with Crippen LogP contribution in [-0.2, 0) is 9.47 Å². The predicted octanol–water partition coefficient (Wildman–Crippen LogP) is 1.20. The quantitative estimate of drug-likeness (QED) is 0.741. The van der Waals surface area contributed by atoms with Crippen LogP contribution < -0.4 is 0 Å². The lowest BCUT2D eigenvalue weighted by Crippen LogP contribution is -2.09. The van der Waals surface area contributed by atoms with E-state index >= 15 is 0 Å². The molecule has 2 heterocycles. The molecule has 0 N–H and O–H groups in total. The van der Waals surface area contributed by atoms with E-state index in [1.54, 1.807) is 6.07 Å². The Kier molecular flexibility index (Phi) is 3.18. The molecule has 2 rings (SSSR count). The van der Waals surface area contributed by atoms with Crippen LogP contribution in [0.4, 0.5) is 0 Å². The zero-order chi connectivity index (χ0) is 13.1. The summed E-state index contributed by atoms with van der Waals surface area (Å²) in [5, 5.41) is 0.574. The predicted molar refractivity (Wildman–Crippen MR) is 62.2 cm³/mol. The number of carbonyl (C=O) groups excluding carboxylic acids is 2. The van der Waals surface area contributed by atoms with Gasteiger partial charge in [0.15, 0.2) is 0 Å². The first-order chi connectivity index (χ1) is 8.67. The smallest absolute Gasteiger partial charge is 0.356 e. The van der Waals surface area contributed by atoms with Crippen molar-refractivity contribution in [3.8, 4) is 0 Å². The molecule has 0 spiro atoms. The van der Waals surface area contributed by atoms with E-state index in [0.29, 0.717) is 10.9 Å². The Bertz CT molecular complexity index is 625. The Labute approximate surface area is 103 Å². The molecule has 0 aliphatic rings. The number of methoxy groups -OCH3 is 2. The van der Waals surface area contributed by atoms with E-state index in [1.807, 2.05) is 0 Å². The summed E-state index contributed by atoms with van der Waals surface area (Å²) in [5.74, 6) is -1.16. The summed E-state index contributed by atoms with van der Waals surface area (Å²) < 4.78 is 9.25. The molecular weight excluding hydrogens is 236 g/mol. The van der Waals surface area contributed by atoms with Gasteiger partial charge in [0, 0.05) is 11.6 Å². The second-order valence-corrected chi connectivity index (χ2v) is 3.43. The van der Waals surface area contributed by atoms with Gasteiger partial charge in [0.25, 0.3) is 0 Å². The number of esters is 2. The van der Waals surface area contributed by atoms with E-state index < -0.39 is 11.9 Å². The van der Waals surface area contributed by atoms with Crippen molar-refractivity contribution in [1.29, 1.82) is 0 Å². The van der Waals surface area contributed by atoms with Gasteiger partial charge in [-0.3, -0.25) is 4.98 Å². The number of rotatable bonds is 2. The summed E-state index contributed by atoms with van der Waals surface area (Å²) in [6.07, 6.45) is 3.00. The van der Waals surface area contributed by atoms with Crippen LogP contribution in [0.3, 0.4) is 0 Å². The summed E-state index contributed by atoms with van der Waals surface area (Å²) in [5.41, 5.74) is 0.726. The fraction of sp³-hybridized carbons (Fsp3) is 0.167. The van der Waals surface area contributed by atoms with Crippen LogP contribution in [0.5, 0.6) is 0 Å². The van der Waals surface area contributed by atoms with Crippen LogP contribution in [0, 0.1) is 0 Å². The molecule has 6 heteroatoms. The van der Waals surface area contributed by atoms with Crippen molar-refractivity contribution in [2.45, 2.75) is 0 Å². The largest absolute Gasteiger partial charge is 0.465 e. The molecule has 0 unspecified atom stereocenters. The second kappa shape index (κ2) is 4.79. The number of hydrogen-bond donors (Lipinski definition) is 0. The summed E-state index contributed by atoms with van der Waals surface area (Å²) in [4.78, 5) is 31.1. The molecule has 0 saturated carbocycles. The van der Waals surface area contributed by atoms with Crippen LogP contribution in [0.25, 0.3) is 10.9 Å². The van der Waals surface area contributed by atoms with Crippen LogP contribution in [-0.4, -0.2) is 36.1 Å². The van der Waals surface area contributed by atoms with Gasteiger partial charge in [0.1, 0.15) is 5.69 Å². The van der Waals surface area contributed by atoms with Crippen molar-refractivity contribution < 1.29 is 19.1 Å². The number of carbonyl (C=O) groups is 2. The van der Waals surface area contributed by atoms with Crippen molar-refractivity contribution >= 4 is 22.8 Å². The lowest BCUT2D eigenvalue weighted by atomic mass is 10.1. The monoisotopic (exact) mass is 246 g/mol. The maximum atomic E-state index is 11.7. The highest BCUT2D eigenvalue weighted by atomic mass is 16.5. The van der Waals surface area contributed by atoms with Gasteiger partial charge in [-0.15, -0.1) is 0 Å². The third kappa shape index (κ3) is 2.00. The highest BCUT2D eigenvalue weighted by Gasteiger charge is 2.17. The molecule has 0 aliphatic heterocycles. The fourth-order valence-corrected chi connectivity index (χ4v) is 1.57. The Hall–Kier alpha value is -2.50. The molecule has 0 atom stereocenters. The summed E-state index contributed by atoms with van der Waals surface area (Å²) in [6, 6.07) is 2.98. The highest BCUT2D eigenvalue weighted by molar-refractivity contribution is 6.05. The first-order valence-corrected chi connectivity index (χ1v) is 5.08. The van der Waals surface area contributed by atoms with Gasteiger partial charge < -0.3 is 9.47 Å². The maximum Gasteiger partial charge on any atom is 0.356 e. The maximum absolute atomic E-state index is 11.7. The molecule has 2 aromatic rings. The van der Waals surface area contributed by atoms with Crippen molar-refractivity contribution in [3.63, 3.8) is 0 Å². The van der Waals surface area contributed by atoms with Crippen LogP contribution in [0.2, 0.25) is 0 Å². The van der Waals surface area contributed by atoms with Crippen molar-refractivity contribution in [3.05, 3.63) is 35.8 Å². The lowest BCUT2D eigenvalue weighted by Gasteiger charge is -2.06. The molecule has 2 aromatic heterocycles. The minimum atomic E-state index is -0.620. The lowest BCUT2D eigenvalue weighted by molar-refractivity contribution is 0.0594. The topological polar surface area (TPSA) is 78.4 Å². The van der Waals surface area contributed by atoms with Gasteiger partial charge in [0.2, 0.25) is 0 Å². The molecule has 6 nitrogen and oxygen atoms in total.